The topological polar surface area (TPSA) is 62.5 Å². The number of carbonyl (C=O) groups is 1. The summed E-state index contributed by atoms with van der Waals surface area (Å²) in [5, 5.41) is 4.06. The third kappa shape index (κ3) is 6.69. The summed E-state index contributed by atoms with van der Waals surface area (Å²) >= 11 is 6.41. The lowest BCUT2D eigenvalue weighted by Crippen LogP contribution is -2.36. The second kappa shape index (κ2) is 12.2. The van der Waals surface area contributed by atoms with Crippen LogP contribution in [0.15, 0.2) is 53.1 Å². The van der Waals surface area contributed by atoms with Crippen molar-refractivity contribution in [2.75, 3.05) is 19.6 Å². The van der Waals surface area contributed by atoms with Gasteiger partial charge in [0.15, 0.2) is 0 Å². The van der Waals surface area contributed by atoms with Crippen LogP contribution in [0.2, 0.25) is 0 Å². The Labute approximate surface area is 228 Å². The van der Waals surface area contributed by atoms with E-state index >= 15 is 0 Å². The lowest BCUT2D eigenvalue weighted by molar-refractivity contribution is -0.123. The van der Waals surface area contributed by atoms with E-state index in [1.54, 1.807) is 18.2 Å². The van der Waals surface area contributed by atoms with Crippen molar-refractivity contribution in [2.24, 2.45) is 5.92 Å². The molecule has 5 rings (SSSR count). The van der Waals surface area contributed by atoms with Gasteiger partial charge in [-0.05, 0) is 98.4 Å². The van der Waals surface area contributed by atoms with Crippen molar-refractivity contribution >= 4 is 23.8 Å². The minimum atomic E-state index is -0.296. The van der Waals surface area contributed by atoms with E-state index in [-0.39, 0.29) is 17.8 Å². The fourth-order valence-electron chi connectivity index (χ4n) is 5.57. The van der Waals surface area contributed by atoms with Crippen molar-refractivity contribution in [1.29, 1.82) is 0 Å². The number of hydrogen-bond acceptors (Lipinski definition) is 5. The quantitative estimate of drug-likeness (QED) is 0.264. The third-order valence-corrected chi connectivity index (χ3v) is 8.32. The Morgan fingerprint density at radius 2 is 1.84 bits per heavy atom. The van der Waals surface area contributed by atoms with Crippen LogP contribution in [0.4, 0.5) is 4.39 Å². The highest BCUT2D eigenvalue weighted by atomic mass is 35.5. The van der Waals surface area contributed by atoms with Crippen molar-refractivity contribution in [3.05, 3.63) is 76.9 Å². The Bertz CT molecular complexity index is 1270. The number of amides is 1. The highest BCUT2D eigenvalue weighted by Crippen LogP contribution is 2.31. The van der Waals surface area contributed by atoms with Crippen molar-refractivity contribution < 1.29 is 13.7 Å². The average Bonchev–Trinajstić information content (AvgIpc) is 3.27. The van der Waals surface area contributed by atoms with Crippen LogP contribution in [0.3, 0.4) is 0 Å². The zero-order valence-corrected chi connectivity index (χ0v) is 22.5. The molecule has 200 valence electrons. The molecule has 0 bridgehead atoms. The molecule has 3 aromatic rings. The molecule has 1 aliphatic heterocycles. The molecule has 1 saturated carbocycles. The van der Waals surface area contributed by atoms with Gasteiger partial charge >= 0.3 is 0 Å². The summed E-state index contributed by atoms with van der Waals surface area (Å²) in [6.45, 7) is 5.05. The highest BCUT2D eigenvalue weighted by Gasteiger charge is 2.27. The van der Waals surface area contributed by atoms with Gasteiger partial charge in [0.1, 0.15) is 5.82 Å². The maximum atomic E-state index is 13.1. The van der Waals surface area contributed by atoms with E-state index in [1.807, 2.05) is 6.92 Å². The van der Waals surface area contributed by atoms with Gasteiger partial charge in [0, 0.05) is 49.5 Å². The largest absolute Gasteiger partial charge is 0.339 e. The molecule has 6 nitrogen and oxygen atoms in total. The van der Waals surface area contributed by atoms with Gasteiger partial charge in [0.2, 0.25) is 11.7 Å². The molecule has 1 fully saturated rings. The van der Waals surface area contributed by atoms with Gasteiger partial charge in [-0.3, -0.25) is 4.79 Å². The van der Waals surface area contributed by atoms with E-state index in [0.29, 0.717) is 17.6 Å². The average molecular weight is 537 g/mol. The molecule has 2 aromatic carbocycles. The highest BCUT2D eigenvalue weighted by molar-refractivity contribution is 6.23. The molecule has 0 atom stereocenters. The van der Waals surface area contributed by atoms with Crippen LogP contribution in [0.5, 0.6) is 0 Å². The van der Waals surface area contributed by atoms with Crippen LogP contribution in [0.25, 0.3) is 17.5 Å². The number of aromatic nitrogens is 2. The number of halogens is 2. The summed E-state index contributed by atoms with van der Waals surface area (Å²) in [5.41, 5.74) is 4.59. The minimum Gasteiger partial charge on any atom is -0.339 e. The van der Waals surface area contributed by atoms with E-state index < -0.39 is 0 Å². The first kappa shape index (κ1) is 26.6. The number of benzene rings is 2. The minimum absolute atomic E-state index is 0.0585. The summed E-state index contributed by atoms with van der Waals surface area (Å²) in [5.74, 6) is 1.39. The van der Waals surface area contributed by atoms with E-state index in [4.69, 9.17) is 16.3 Å². The molecular weight excluding hydrogens is 503 g/mol. The molecule has 0 spiro atoms. The van der Waals surface area contributed by atoms with Crippen molar-refractivity contribution in [3.8, 4) is 11.4 Å². The summed E-state index contributed by atoms with van der Waals surface area (Å²) in [6.07, 6.45) is 10.4. The maximum absolute atomic E-state index is 13.1. The van der Waals surface area contributed by atoms with Gasteiger partial charge in [0.25, 0.3) is 5.91 Å². The molecule has 0 N–H and O–H groups in total. The Morgan fingerprint density at radius 1 is 1.11 bits per heavy atom. The first-order chi connectivity index (χ1) is 18.4. The Hall–Kier alpha value is -3.03. The molecule has 0 unspecified atom stereocenters. The molecule has 1 aromatic heterocycles. The van der Waals surface area contributed by atoms with E-state index in [9.17, 15) is 9.18 Å². The van der Waals surface area contributed by atoms with E-state index in [1.165, 1.54) is 40.2 Å². The van der Waals surface area contributed by atoms with Gasteiger partial charge in [-0.1, -0.05) is 29.4 Å². The first-order valence-corrected chi connectivity index (χ1v) is 13.9. The predicted octanol–water partition coefficient (Wildman–Crippen LogP) is 6.23. The van der Waals surface area contributed by atoms with Crippen LogP contribution in [0.1, 0.15) is 54.7 Å². The normalized spacial score (nSPS) is 20.3. The Balaban J connectivity index is 1.06. The number of hydrogen-bond donors (Lipinski definition) is 0. The maximum Gasteiger partial charge on any atom is 0.261 e. The predicted molar refractivity (Wildman–Crippen MR) is 147 cm³/mol. The fraction of sp³-hybridized carbons (Fsp3) is 0.433. The first-order valence-electron chi connectivity index (χ1n) is 13.5. The summed E-state index contributed by atoms with van der Waals surface area (Å²) in [6, 6.07) is 12.6. The smallest absolute Gasteiger partial charge is 0.261 e. The summed E-state index contributed by atoms with van der Waals surface area (Å²) in [4.78, 5) is 19.5. The lowest BCUT2D eigenvalue weighted by Gasteiger charge is -2.33. The molecule has 0 saturated heterocycles. The lowest BCUT2D eigenvalue weighted by atomic mass is 9.84. The van der Waals surface area contributed by atoms with Crippen molar-refractivity contribution in [2.45, 2.75) is 57.9 Å². The molecule has 8 heteroatoms. The van der Waals surface area contributed by atoms with Crippen LogP contribution >= 0.6 is 11.8 Å². The standard InChI is InChI=1S/C30H34ClFN4O2/c1-21-33-30(34-38-21)26-8-7-24-15-18-35(19-16-25(24)20-26)17-14-23-4-11-28(12-5-23)36(31)29(37)13-6-22-2-9-27(32)10-3-22/h2-3,6-10,13,20,23,28H,4-5,11-12,14-19H2,1H3/b13-6+. The second-order valence-electron chi connectivity index (χ2n) is 10.5. The summed E-state index contributed by atoms with van der Waals surface area (Å²) < 4.78 is 19.6. The van der Waals surface area contributed by atoms with Crippen molar-refractivity contribution in [1.82, 2.24) is 19.5 Å². The van der Waals surface area contributed by atoms with E-state index in [0.717, 1.165) is 69.3 Å². The zero-order chi connectivity index (χ0) is 26.5. The van der Waals surface area contributed by atoms with Crippen LogP contribution in [-0.2, 0) is 17.6 Å². The van der Waals surface area contributed by atoms with Gasteiger partial charge in [-0.25, -0.2) is 8.81 Å². The van der Waals surface area contributed by atoms with Gasteiger partial charge in [-0.2, -0.15) is 4.98 Å². The third-order valence-electron chi connectivity index (χ3n) is 7.88. The zero-order valence-electron chi connectivity index (χ0n) is 21.8. The molecule has 2 aliphatic rings. The fourth-order valence-corrected chi connectivity index (χ4v) is 5.82. The van der Waals surface area contributed by atoms with Crippen LogP contribution in [-0.4, -0.2) is 51.0 Å². The number of fused-ring (bicyclic) bond motifs is 1. The molecule has 1 amide bonds. The molecule has 1 aliphatic carbocycles. The van der Waals surface area contributed by atoms with Crippen LogP contribution < -0.4 is 0 Å². The number of aryl methyl sites for hydroxylation is 1. The second-order valence-corrected chi connectivity index (χ2v) is 10.8. The number of nitrogens with zero attached hydrogens (tertiary/aromatic N) is 4. The van der Waals surface area contributed by atoms with Gasteiger partial charge in [-0.15, -0.1) is 0 Å². The molecule has 2 heterocycles. The number of rotatable bonds is 7. The molecule has 38 heavy (non-hydrogen) atoms. The Morgan fingerprint density at radius 3 is 2.55 bits per heavy atom. The van der Waals surface area contributed by atoms with Gasteiger partial charge < -0.3 is 9.42 Å². The van der Waals surface area contributed by atoms with E-state index in [2.05, 4.69) is 33.2 Å². The summed E-state index contributed by atoms with van der Waals surface area (Å²) in [7, 11) is 0. The molecule has 0 radical (unpaired) electrons. The monoisotopic (exact) mass is 536 g/mol. The molecular formula is C30H34ClFN4O2. The Kier molecular flexibility index (Phi) is 8.55. The SMILES string of the molecule is Cc1nc(-c2ccc3c(c2)CCN(CCC2CCC(N(Cl)C(=O)/C=C/c4ccc(F)cc4)CC2)CC3)no1. The van der Waals surface area contributed by atoms with Gasteiger partial charge in [0.05, 0.1) is 0 Å². The van der Waals surface area contributed by atoms with Crippen LogP contribution in [0, 0.1) is 18.7 Å². The number of carbonyl (C=O) groups excluding carboxylic acids is 1. The van der Waals surface area contributed by atoms with Crippen molar-refractivity contribution in [3.63, 3.8) is 0 Å².